The first-order valence-corrected chi connectivity index (χ1v) is 19.5. The van der Waals surface area contributed by atoms with Crippen molar-refractivity contribution >= 4 is 35.6 Å². The van der Waals surface area contributed by atoms with Gasteiger partial charge in [0.2, 0.25) is 17.7 Å². The van der Waals surface area contributed by atoms with Gasteiger partial charge in [-0.25, -0.2) is 4.79 Å². The molecule has 0 bridgehead atoms. The molecule has 0 spiro atoms. The van der Waals surface area contributed by atoms with Crippen LogP contribution in [-0.4, -0.2) is 83.4 Å². The van der Waals surface area contributed by atoms with Gasteiger partial charge in [0.05, 0.1) is 31.4 Å². The van der Waals surface area contributed by atoms with Crippen molar-refractivity contribution in [2.45, 2.75) is 137 Å². The van der Waals surface area contributed by atoms with Crippen molar-refractivity contribution in [2.75, 3.05) is 18.6 Å². The fraction of sp³-hybridized carbons (Fsp3) is 0.737. The van der Waals surface area contributed by atoms with Crippen LogP contribution >= 0.6 is 11.8 Å². The zero-order chi connectivity index (χ0) is 38.0. The molecular weight excluding hydrogens is 657 g/mol. The van der Waals surface area contributed by atoms with E-state index in [1.165, 1.54) is 0 Å². The minimum Gasteiger partial charge on any atom is -0.444 e. The molecule has 0 radical (unpaired) electrons. The first-order valence-electron chi connectivity index (χ1n) is 18.1. The highest BCUT2D eigenvalue weighted by atomic mass is 32.2. The average Bonchev–Trinajstić information content (AvgIpc) is 3.03. The van der Waals surface area contributed by atoms with Crippen LogP contribution in [0.1, 0.15) is 100 Å². The Labute approximate surface area is 305 Å². The summed E-state index contributed by atoms with van der Waals surface area (Å²) in [5.74, 6) is -0.995. The molecule has 1 aromatic carbocycles. The topological polar surface area (TPSA) is 155 Å². The van der Waals surface area contributed by atoms with Gasteiger partial charge in [-0.15, -0.1) is 0 Å². The number of alkyl carbamates (subject to hydrolysis) is 1. The second-order valence-corrected chi connectivity index (χ2v) is 16.1. The van der Waals surface area contributed by atoms with Crippen LogP contribution in [0.15, 0.2) is 30.3 Å². The molecule has 1 aromatic rings. The Kier molecular flexibility index (Phi) is 20.7. The van der Waals surface area contributed by atoms with Crippen molar-refractivity contribution in [1.29, 1.82) is 0 Å². The third-order valence-electron chi connectivity index (χ3n) is 8.49. The predicted octanol–water partition coefficient (Wildman–Crippen LogP) is 5.44. The molecule has 0 aliphatic carbocycles. The van der Waals surface area contributed by atoms with Crippen molar-refractivity contribution in [3.8, 4) is 0 Å². The molecule has 50 heavy (non-hydrogen) atoms. The van der Waals surface area contributed by atoms with Crippen LogP contribution in [0.5, 0.6) is 0 Å². The van der Waals surface area contributed by atoms with E-state index in [-0.39, 0.29) is 36.1 Å². The molecule has 0 saturated carbocycles. The number of nitrogens with one attached hydrogen (secondary N) is 4. The Hall–Kier alpha value is -2.83. The summed E-state index contributed by atoms with van der Waals surface area (Å²) in [4.78, 5) is 53.0. The quantitative estimate of drug-likeness (QED) is 0.106. The number of hydrogen-bond donors (Lipinski definition) is 5. The Bertz CT molecular complexity index is 1160. The van der Waals surface area contributed by atoms with Crippen molar-refractivity contribution in [3.05, 3.63) is 35.9 Å². The molecule has 7 atom stereocenters. The summed E-state index contributed by atoms with van der Waals surface area (Å²) in [6.07, 6.45) is 2.01. The maximum absolute atomic E-state index is 13.7. The highest BCUT2D eigenvalue weighted by molar-refractivity contribution is 7.98. The van der Waals surface area contributed by atoms with Crippen molar-refractivity contribution < 1.29 is 33.8 Å². The molecule has 286 valence electrons. The van der Waals surface area contributed by atoms with Crippen LogP contribution in [0, 0.1) is 23.7 Å². The molecule has 5 N–H and O–H groups in total. The summed E-state index contributed by atoms with van der Waals surface area (Å²) in [7, 11) is 0. The summed E-state index contributed by atoms with van der Waals surface area (Å²) < 4.78 is 11.3. The van der Waals surface area contributed by atoms with Crippen LogP contribution < -0.4 is 21.3 Å². The molecule has 4 amide bonds. The monoisotopic (exact) mass is 722 g/mol. The smallest absolute Gasteiger partial charge is 0.408 e. The van der Waals surface area contributed by atoms with E-state index in [0.717, 1.165) is 12.0 Å². The van der Waals surface area contributed by atoms with Crippen LogP contribution in [0.25, 0.3) is 0 Å². The van der Waals surface area contributed by atoms with Gasteiger partial charge in [0, 0.05) is 5.92 Å². The Morgan fingerprint density at radius 3 is 2.00 bits per heavy atom. The van der Waals surface area contributed by atoms with E-state index in [1.54, 1.807) is 53.3 Å². The molecule has 0 aromatic heterocycles. The second-order valence-electron chi connectivity index (χ2n) is 15.2. The van der Waals surface area contributed by atoms with E-state index in [2.05, 4.69) is 35.1 Å². The zero-order valence-corrected chi connectivity index (χ0v) is 33.2. The molecule has 11 nitrogen and oxygen atoms in total. The van der Waals surface area contributed by atoms with Crippen molar-refractivity contribution in [1.82, 2.24) is 21.3 Å². The first-order chi connectivity index (χ1) is 23.4. The Morgan fingerprint density at radius 2 is 1.46 bits per heavy atom. The lowest BCUT2D eigenvalue weighted by Gasteiger charge is -2.31. The van der Waals surface area contributed by atoms with Gasteiger partial charge in [-0.2, -0.15) is 11.8 Å². The van der Waals surface area contributed by atoms with Gasteiger partial charge in [-0.05, 0) is 75.4 Å². The molecule has 1 unspecified atom stereocenters. The summed E-state index contributed by atoms with van der Waals surface area (Å²) in [6.45, 7) is 19.5. The maximum Gasteiger partial charge on any atom is 0.408 e. The van der Waals surface area contributed by atoms with Gasteiger partial charge in [-0.3, -0.25) is 14.4 Å². The first kappa shape index (κ1) is 45.2. The van der Waals surface area contributed by atoms with Crippen LogP contribution in [0.4, 0.5) is 4.79 Å². The summed E-state index contributed by atoms with van der Waals surface area (Å²) in [6, 6.07) is 7.22. The number of amides is 4. The number of carbonyl (C=O) groups is 4. The number of hydrogen-bond acceptors (Lipinski definition) is 8. The standard InChI is InChI=1S/C38H66N4O7S/c1-12-26(6)31(23-48-22-28-16-14-13-15-17-28)41-34(44)27(7)21-32(43)30(20-24(2)3)40-35(45)29(18-19-50-11)39-36(46)33(25(4)5)42-37(47)49-38(8,9)10/h13-17,24-27,29-33,43H,12,18-23H2,1-11H3,(H,39,46)(H,40,45)(H,41,44)(H,42,47)/t26?,27-,29+,30+,31-,32+,33+/m1/s1. The highest BCUT2D eigenvalue weighted by Crippen LogP contribution is 2.18. The third-order valence-corrected chi connectivity index (χ3v) is 9.14. The number of benzene rings is 1. The number of ether oxygens (including phenoxy) is 2. The normalized spacial score (nSPS) is 16.0. The van der Waals surface area contributed by atoms with E-state index in [4.69, 9.17) is 9.47 Å². The van der Waals surface area contributed by atoms with Crippen LogP contribution in [0.3, 0.4) is 0 Å². The SMILES string of the molecule is CCC(C)[C@@H](COCc1ccccc1)NC(=O)[C@H](C)C[C@H](O)[C@H](CC(C)C)NC(=O)[C@H](CCSC)NC(=O)[C@@H](NC(=O)OC(C)(C)C)C(C)C. The molecule has 0 aliphatic rings. The lowest BCUT2D eigenvalue weighted by molar-refractivity contribution is -0.131. The van der Waals surface area contributed by atoms with E-state index in [1.807, 2.05) is 50.4 Å². The average molecular weight is 723 g/mol. The minimum atomic E-state index is -1.01. The Morgan fingerprint density at radius 1 is 0.840 bits per heavy atom. The van der Waals surface area contributed by atoms with Gasteiger partial charge in [-0.1, -0.05) is 85.2 Å². The maximum atomic E-state index is 13.7. The zero-order valence-electron chi connectivity index (χ0n) is 32.3. The van der Waals surface area contributed by atoms with E-state index >= 15 is 0 Å². The lowest BCUT2D eigenvalue weighted by Crippen LogP contribution is -2.58. The molecule has 0 saturated heterocycles. The fourth-order valence-corrected chi connectivity index (χ4v) is 5.78. The van der Waals surface area contributed by atoms with E-state index in [0.29, 0.717) is 31.8 Å². The van der Waals surface area contributed by atoms with Crippen LogP contribution in [0.2, 0.25) is 0 Å². The van der Waals surface area contributed by atoms with E-state index < -0.39 is 53.7 Å². The van der Waals surface area contributed by atoms with Crippen molar-refractivity contribution in [2.24, 2.45) is 23.7 Å². The lowest BCUT2D eigenvalue weighted by atomic mass is 9.91. The number of aliphatic hydroxyl groups is 1. The summed E-state index contributed by atoms with van der Waals surface area (Å²) >= 11 is 1.54. The number of carbonyl (C=O) groups excluding carboxylic acids is 4. The second kappa shape index (κ2) is 22.9. The van der Waals surface area contributed by atoms with Gasteiger partial charge in [0.25, 0.3) is 0 Å². The number of aliphatic hydroxyl groups excluding tert-OH is 1. The van der Waals surface area contributed by atoms with Gasteiger partial charge in [0.15, 0.2) is 0 Å². The fourth-order valence-electron chi connectivity index (χ4n) is 5.31. The summed E-state index contributed by atoms with van der Waals surface area (Å²) in [5.41, 5.74) is 0.323. The van der Waals surface area contributed by atoms with Gasteiger partial charge >= 0.3 is 6.09 Å². The highest BCUT2D eigenvalue weighted by Gasteiger charge is 2.33. The van der Waals surface area contributed by atoms with E-state index in [9.17, 15) is 24.3 Å². The number of rotatable bonds is 22. The molecular formula is C38H66N4O7S. The van der Waals surface area contributed by atoms with Crippen LogP contribution in [-0.2, 0) is 30.5 Å². The summed E-state index contributed by atoms with van der Waals surface area (Å²) in [5, 5.41) is 23.0. The largest absolute Gasteiger partial charge is 0.444 e. The molecule has 0 aliphatic heterocycles. The van der Waals surface area contributed by atoms with Gasteiger partial charge in [0.1, 0.15) is 17.7 Å². The minimum absolute atomic E-state index is 0.137. The third kappa shape index (κ3) is 17.9. The number of thioether (sulfide) groups is 1. The predicted molar refractivity (Wildman–Crippen MR) is 202 cm³/mol. The molecule has 0 heterocycles. The molecule has 1 rings (SSSR count). The van der Waals surface area contributed by atoms with Gasteiger partial charge < -0.3 is 35.8 Å². The van der Waals surface area contributed by atoms with Crippen molar-refractivity contribution in [3.63, 3.8) is 0 Å². The molecule has 12 heteroatoms. The Balaban J connectivity index is 2.98. The molecule has 0 fully saturated rings.